The summed E-state index contributed by atoms with van der Waals surface area (Å²) in [6, 6.07) is 5.27. The summed E-state index contributed by atoms with van der Waals surface area (Å²) in [5.74, 6) is -3.16. The Hall–Kier alpha value is -3.43. The van der Waals surface area contributed by atoms with Gasteiger partial charge in [-0.2, -0.15) is 0 Å². The van der Waals surface area contributed by atoms with Crippen molar-refractivity contribution >= 4 is 29.6 Å². The van der Waals surface area contributed by atoms with Gasteiger partial charge in [0.1, 0.15) is 24.2 Å². The van der Waals surface area contributed by atoms with E-state index >= 15 is 0 Å². The summed E-state index contributed by atoms with van der Waals surface area (Å²) in [5, 5.41) is 11.2. The Morgan fingerprint density at radius 2 is 1.10 bits per heavy atom. The van der Waals surface area contributed by atoms with E-state index < -0.39 is 59.9 Å². The molecule has 0 radical (unpaired) electrons. The Morgan fingerprint density at radius 3 is 1.64 bits per heavy atom. The molecule has 10 heteroatoms. The Bertz CT molecular complexity index is 1070. The highest BCUT2D eigenvalue weighted by Gasteiger charge is 2.36. The number of amides is 4. The lowest BCUT2D eigenvalue weighted by Crippen LogP contribution is -2.59. The van der Waals surface area contributed by atoms with Crippen molar-refractivity contribution < 1.29 is 28.7 Å². The van der Waals surface area contributed by atoms with Crippen LogP contribution in [0.5, 0.6) is 0 Å². The minimum absolute atomic E-state index is 0.00703. The molecule has 4 N–H and O–H groups in total. The van der Waals surface area contributed by atoms with Crippen molar-refractivity contribution in [2.45, 2.75) is 111 Å². The second-order valence-electron chi connectivity index (χ2n) is 12.9. The maximum Gasteiger partial charge on any atom is 0.329 e. The summed E-state index contributed by atoms with van der Waals surface area (Å²) in [6.07, 6.45) is -0.149. The quantitative estimate of drug-likeness (QED) is 0.328. The fourth-order valence-corrected chi connectivity index (χ4v) is 4.89. The topological polar surface area (TPSA) is 143 Å². The minimum atomic E-state index is -1.16. The highest BCUT2D eigenvalue weighted by atomic mass is 16.5. The van der Waals surface area contributed by atoms with Gasteiger partial charge in [0.15, 0.2) is 6.10 Å². The zero-order valence-corrected chi connectivity index (χ0v) is 26.4. The molecule has 1 saturated heterocycles. The first-order chi connectivity index (χ1) is 19.7. The lowest BCUT2D eigenvalue weighted by atomic mass is 9.98. The third-order valence-corrected chi connectivity index (χ3v) is 7.05. The van der Waals surface area contributed by atoms with E-state index in [0.29, 0.717) is 6.42 Å². The normalized spacial score (nSPS) is 25.0. The van der Waals surface area contributed by atoms with E-state index in [2.05, 4.69) is 21.3 Å². The molecule has 1 aromatic carbocycles. The summed E-state index contributed by atoms with van der Waals surface area (Å²) >= 11 is 0. The summed E-state index contributed by atoms with van der Waals surface area (Å²) in [5.41, 5.74) is 0.815. The van der Waals surface area contributed by atoms with Crippen LogP contribution < -0.4 is 21.3 Å². The Labute approximate surface area is 250 Å². The van der Waals surface area contributed by atoms with Crippen LogP contribution in [0.25, 0.3) is 0 Å². The van der Waals surface area contributed by atoms with Crippen LogP contribution in [0.1, 0.15) is 80.2 Å². The predicted molar refractivity (Wildman–Crippen MR) is 161 cm³/mol. The molecule has 0 spiro atoms. The van der Waals surface area contributed by atoms with E-state index in [9.17, 15) is 24.0 Å². The molecule has 0 aromatic heterocycles. The highest BCUT2D eigenvalue weighted by molar-refractivity contribution is 5.96. The van der Waals surface area contributed by atoms with Crippen LogP contribution in [-0.4, -0.2) is 59.9 Å². The molecular weight excluding hydrogens is 536 g/mol. The summed E-state index contributed by atoms with van der Waals surface area (Å²) < 4.78 is 5.74. The Kier molecular flexibility index (Phi) is 13.5. The number of benzene rings is 1. The van der Waals surface area contributed by atoms with Crippen LogP contribution in [0.3, 0.4) is 0 Å². The minimum Gasteiger partial charge on any atom is -0.451 e. The number of carbonyl (C=O) groups is 5. The second-order valence-corrected chi connectivity index (χ2v) is 12.9. The fourth-order valence-electron chi connectivity index (χ4n) is 4.89. The van der Waals surface area contributed by atoms with Crippen molar-refractivity contribution in [2.75, 3.05) is 0 Å². The number of rotatable bonds is 9. The summed E-state index contributed by atoms with van der Waals surface area (Å²) in [4.78, 5) is 67.7. The van der Waals surface area contributed by atoms with Crippen molar-refractivity contribution in [2.24, 2.45) is 23.7 Å². The van der Waals surface area contributed by atoms with E-state index in [4.69, 9.17) is 4.74 Å². The smallest absolute Gasteiger partial charge is 0.329 e. The largest absolute Gasteiger partial charge is 0.451 e. The van der Waals surface area contributed by atoms with Gasteiger partial charge in [-0.25, -0.2) is 4.79 Å². The number of cyclic esters (lactones) is 1. The van der Waals surface area contributed by atoms with Gasteiger partial charge in [0.25, 0.3) is 5.91 Å². The molecule has 1 aliphatic heterocycles. The Balaban J connectivity index is 2.59. The maximum absolute atomic E-state index is 13.7. The number of hydrogen-bond acceptors (Lipinski definition) is 6. The van der Waals surface area contributed by atoms with E-state index in [1.807, 2.05) is 71.9 Å². The molecule has 0 bridgehead atoms. The van der Waals surface area contributed by atoms with Gasteiger partial charge in [0, 0.05) is 6.42 Å². The van der Waals surface area contributed by atoms with Gasteiger partial charge in [0.05, 0.1) is 0 Å². The van der Waals surface area contributed by atoms with Crippen molar-refractivity contribution in [3.05, 3.63) is 35.9 Å². The van der Waals surface area contributed by atoms with Gasteiger partial charge in [0.2, 0.25) is 17.7 Å². The van der Waals surface area contributed by atoms with Crippen molar-refractivity contribution in [1.82, 2.24) is 21.3 Å². The van der Waals surface area contributed by atoms with Gasteiger partial charge in [-0.05, 0) is 48.5 Å². The molecule has 4 amide bonds. The molecule has 2 rings (SSSR count). The molecule has 0 saturated carbocycles. The first kappa shape index (κ1) is 34.8. The zero-order valence-electron chi connectivity index (χ0n) is 26.4. The summed E-state index contributed by atoms with van der Waals surface area (Å²) in [7, 11) is 0. The third kappa shape index (κ3) is 11.1. The number of ether oxygens (including phenoxy) is 1. The molecule has 0 aliphatic carbocycles. The van der Waals surface area contributed by atoms with Gasteiger partial charge >= 0.3 is 5.97 Å². The van der Waals surface area contributed by atoms with Gasteiger partial charge in [-0.15, -0.1) is 0 Å². The standard InChI is InChI=1S/C32H50N4O6/c1-18(2)14-23-28(37)33-24(17-22-12-10-9-11-13-22)29(38)35-25(15-19(3)4)32(41)42-26(16-20(5)6)30(39)36-27(21(7)8)31(40)34-23/h9-13,18-21,23-27H,14-17H2,1-8H3,(H,33,37)(H,34,40)(H,35,38)(H,36,39). The number of carbonyl (C=O) groups excluding carboxylic acids is 5. The lowest BCUT2D eigenvalue weighted by molar-refractivity contribution is -0.160. The molecule has 1 heterocycles. The number of esters is 1. The Morgan fingerprint density at radius 1 is 0.595 bits per heavy atom. The molecule has 1 aliphatic rings. The third-order valence-electron chi connectivity index (χ3n) is 7.05. The zero-order chi connectivity index (χ0) is 31.6. The van der Waals surface area contributed by atoms with Crippen LogP contribution in [0.4, 0.5) is 0 Å². The van der Waals surface area contributed by atoms with Gasteiger partial charge in [-0.3, -0.25) is 19.2 Å². The molecule has 5 unspecified atom stereocenters. The highest BCUT2D eigenvalue weighted by Crippen LogP contribution is 2.16. The van der Waals surface area contributed by atoms with Crippen molar-refractivity contribution in [1.29, 1.82) is 0 Å². The molecular formula is C32H50N4O6. The van der Waals surface area contributed by atoms with Gasteiger partial charge < -0.3 is 26.0 Å². The van der Waals surface area contributed by atoms with Crippen LogP contribution in [0.2, 0.25) is 0 Å². The van der Waals surface area contributed by atoms with E-state index in [0.717, 1.165) is 5.56 Å². The van der Waals surface area contributed by atoms with Gasteiger partial charge in [-0.1, -0.05) is 85.7 Å². The average molecular weight is 587 g/mol. The van der Waals surface area contributed by atoms with Crippen LogP contribution in [0, 0.1) is 23.7 Å². The second kappa shape index (κ2) is 16.3. The number of nitrogens with one attached hydrogen (secondary N) is 4. The number of hydrogen-bond donors (Lipinski definition) is 4. The fraction of sp³-hybridized carbons (Fsp3) is 0.656. The van der Waals surface area contributed by atoms with E-state index in [1.54, 1.807) is 13.8 Å². The SMILES string of the molecule is CC(C)CC1NC(=O)C(C(C)C)NC(=O)C(CC(C)C)OC(=O)C(CC(C)C)NC(=O)C(Cc2ccccc2)NC1=O. The van der Waals surface area contributed by atoms with E-state index in [1.165, 1.54) is 0 Å². The predicted octanol–water partition coefficient (Wildman–Crippen LogP) is 2.89. The first-order valence-electron chi connectivity index (χ1n) is 15.1. The van der Waals surface area contributed by atoms with Crippen LogP contribution in [-0.2, 0) is 35.1 Å². The first-order valence-corrected chi connectivity index (χ1v) is 15.1. The maximum atomic E-state index is 13.7. The molecule has 234 valence electrons. The monoisotopic (exact) mass is 586 g/mol. The van der Waals surface area contributed by atoms with E-state index in [-0.39, 0.29) is 42.9 Å². The molecule has 1 fully saturated rings. The molecule has 42 heavy (non-hydrogen) atoms. The lowest BCUT2D eigenvalue weighted by Gasteiger charge is -2.28. The molecule has 5 atom stereocenters. The van der Waals surface area contributed by atoms with Crippen molar-refractivity contribution in [3.8, 4) is 0 Å². The molecule has 10 nitrogen and oxygen atoms in total. The van der Waals surface area contributed by atoms with Crippen LogP contribution in [0.15, 0.2) is 30.3 Å². The summed E-state index contributed by atoms with van der Waals surface area (Å²) in [6.45, 7) is 15.1. The van der Waals surface area contributed by atoms with Crippen molar-refractivity contribution in [3.63, 3.8) is 0 Å². The average Bonchev–Trinajstić information content (AvgIpc) is 2.89. The molecule has 1 aromatic rings. The van der Waals surface area contributed by atoms with Crippen LogP contribution >= 0.6 is 0 Å².